The Morgan fingerprint density at radius 3 is 2.76 bits per heavy atom. The molecule has 1 heterocycles. The van der Waals surface area contributed by atoms with Gasteiger partial charge in [-0.2, -0.15) is 0 Å². The first-order valence-corrected chi connectivity index (χ1v) is 5.61. The Balaban J connectivity index is 2.16. The highest BCUT2D eigenvalue weighted by Crippen LogP contribution is 2.24. The number of aliphatic hydroxyl groups is 1. The van der Waals surface area contributed by atoms with Crippen LogP contribution >= 0.6 is 11.6 Å². The quantitative estimate of drug-likeness (QED) is 0.907. The van der Waals surface area contributed by atoms with E-state index >= 15 is 0 Å². The van der Waals surface area contributed by atoms with E-state index in [2.05, 4.69) is 0 Å². The van der Waals surface area contributed by atoms with E-state index in [4.69, 9.17) is 16.0 Å². The van der Waals surface area contributed by atoms with Gasteiger partial charge in [-0.05, 0) is 36.2 Å². The summed E-state index contributed by atoms with van der Waals surface area (Å²) in [5, 5.41) is 10.0. The zero-order valence-electron chi connectivity index (χ0n) is 9.28. The zero-order chi connectivity index (χ0) is 12.4. The van der Waals surface area contributed by atoms with E-state index in [1.54, 1.807) is 12.1 Å². The van der Waals surface area contributed by atoms with Gasteiger partial charge in [0.05, 0.1) is 11.3 Å². The molecule has 0 aliphatic heterocycles. The molecule has 17 heavy (non-hydrogen) atoms. The third-order valence-corrected chi connectivity index (χ3v) is 2.91. The Morgan fingerprint density at radius 2 is 2.18 bits per heavy atom. The van der Waals surface area contributed by atoms with E-state index in [9.17, 15) is 9.50 Å². The molecule has 90 valence electrons. The minimum atomic E-state index is -0.744. The largest absolute Gasteiger partial charge is 0.466 e. The lowest BCUT2D eigenvalue weighted by atomic mass is 10.0. The first-order valence-electron chi connectivity index (χ1n) is 5.24. The van der Waals surface area contributed by atoms with Crippen molar-refractivity contribution in [1.82, 2.24) is 0 Å². The molecule has 0 radical (unpaired) electrons. The molecule has 0 fully saturated rings. The summed E-state index contributed by atoms with van der Waals surface area (Å²) in [6, 6.07) is 6.19. The van der Waals surface area contributed by atoms with Gasteiger partial charge in [0.1, 0.15) is 17.7 Å². The second-order valence-corrected chi connectivity index (χ2v) is 4.34. The molecular weight excluding hydrogens is 243 g/mol. The fourth-order valence-electron chi connectivity index (χ4n) is 1.71. The van der Waals surface area contributed by atoms with Gasteiger partial charge in [0.15, 0.2) is 0 Å². The monoisotopic (exact) mass is 254 g/mol. The topological polar surface area (TPSA) is 33.4 Å². The van der Waals surface area contributed by atoms with Gasteiger partial charge in [-0.3, -0.25) is 0 Å². The highest BCUT2D eigenvalue weighted by atomic mass is 35.5. The number of hydrogen-bond acceptors (Lipinski definition) is 2. The van der Waals surface area contributed by atoms with Crippen molar-refractivity contribution in [1.29, 1.82) is 0 Å². The summed E-state index contributed by atoms with van der Waals surface area (Å²) >= 11 is 5.67. The van der Waals surface area contributed by atoms with Crippen LogP contribution in [0.15, 0.2) is 34.9 Å². The highest BCUT2D eigenvalue weighted by molar-refractivity contribution is 6.30. The molecule has 1 aromatic carbocycles. The average Bonchev–Trinajstić information content (AvgIpc) is 2.70. The van der Waals surface area contributed by atoms with Crippen LogP contribution in [-0.4, -0.2) is 5.11 Å². The molecular formula is C13H12ClFO2. The smallest absolute Gasteiger partial charge is 0.141 e. The Hall–Kier alpha value is -1.32. The van der Waals surface area contributed by atoms with Gasteiger partial charge in [0.25, 0.3) is 0 Å². The molecule has 0 aliphatic carbocycles. The van der Waals surface area contributed by atoms with E-state index in [1.807, 2.05) is 6.92 Å². The van der Waals surface area contributed by atoms with Crippen molar-refractivity contribution in [2.75, 3.05) is 0 Å². The SMILES string of the molecule is Cc1ccoc1C(O)Cc1ccc(F)c(Cl)c1. The predicted octanol–water partition coefficient (Wildman–Crippen LogP) is 3.66. The number of furan rings is 1. The van der Waals surface area contributed by atoms with Crippen LogP contribution in [0.4, 0.5) is 4.39 Å². The Morgan fingerprint density at radius 1 is 1.41 bits per heavy atom. The summed E-state index contributed by atoms with van der Waals surface area (Å²) in [4.78, 5) is 0. The molecule has 1 unspecified atom stereocenters. The molecule has 0 saturated heterocycles. The molecule has 0 saturated carbocycles. The predicted molar refractivity (Wildman–Crippen MR) is 63.5 cm³/mol. The van der Waals surface area contributed by atoms with Crippen molar-refractivity contribution < 1.29 is 13.9 Å². The first kappa shape index (κ1) is 12.1. The molecule has 0 amide bonds. The third kappa shape index (κ3) is 2.68. The van der Waals surface area contributed by atoms with Crippen molar-refractivity contribution in [2.24, 2.45) is 0 Å². The lowest BCUT2D eigenvalue weighted by Gasteiger charge is -2.09. The van der Waals surface area contributed by atoms with E-state index in [0.717, 1.165) is 11.1 Å². The fourth-order valence-corrected chi connectivity index (χ4v) is 1.91. The average molecular weight is 255 g/mol. The number of halogens is 2. The van der Waals surface area contributed by atoms with Crippen molar-refractivity contribution in [3.63, 3.8) is 0 Å². The molecule has 2 nitrogen and oxygen atoms in total. The number of aryl methyl sites for hydroxylation is 1. The molecule has 0 aliphatic rings. The summed E-state index contributed by atoms with van der Waals surface area (Å²) in [5.74, 6) is 0.0736. The second kappa shape index (κ2) is 4.90. The van der Waals surface area contributed by atoms with Crippen LogP contribution in [0.3, 0.4) is 0 Å². The molecule has 1 atom stereocenters. The Labute approximate surface area is 104 Å². The molecule has 0 bridgehead atoms. The summed E-state index contributed by atoms with van der Waals surface area (Å²) < 4.78 is 18.2. The second-order valence-electron chi connectivity index (χ2n) is 3.94. The van der Waals surface area contributed by atoms with Crippen molar-refractivity contribution in [3.8, 4) is 0 Å². The zero-order valence-corrected chi connectivity index (χ0v) is 10.0. The number of benzene rings is 1. The molecule has 4 heteroatoms. The fraction of sp³-hybridized carbons (Fsp3) is 0.231. The molecule has 1 N–H and O–H groups in total. The van der Waals surface area contributed by atoms with Crippen molar-refractivity contribution in [2.45, 2.75) is 19.4 Å². The van der Waals surface area contributed by atoms with Gasteiger partial charge < -0.3 is 9.52 Å². The number of rotatable bonds is 3. The standard InChI is InChI=1S/C13H12ClFO2/c1-8-4-5-17-13(8)12(16)7-9-2-3-11(15)10(14)6-9/h2-6,12,16H,7H2,1H3. The van der Waals surface area contributed by atoms with Crippen LogP contribution in [0.1, 0.15) is 23.0 Å². The van der Waals surface area contributed by atoms with E-state index in [1.165, 1.54) is 18.4 Å². The molecule has 2 rings (SSSR count). The van der Waals surface area contributed by atoms with Crippen LogP contribution in [0, 0.1) is 12.7 Å². The maximum atomic E-state index is 13.0. The van der Waals surface area contributed by atoms with E-state index in [-0.39, 0.29) is 5.02 Å². The van der Waals surface area contributed by atoms with Gasteiger partial charge in [-0.15, -0.1) is 0 Å². The van der Waals surface area contributed by atoms with Gasteiger partial charge in [0.2, 0.25) is 0 Å². The first-order chi connectivity index (χ1) is 8.08. The molecule has 0 spiro atoms. The van der Waals surface area contributed by atoms with Gasteiger partial charge >= 0.3 is 0 Å². The lowest BCUT2D eigenvalue weighted by Crippen LogP contribution is -2.02. The lowest BCUT2D eigenvalue weighted by molar-refractivity contribution is 0.149. The Kier molecular flexibility index (Phi) is 3.50. The van der Waals surface area contributed by atoms with Gasteiger partial charge in [-0.25, -0.2) is 4.39 Å². The molecule has 1 aromatic heterocycles. The van der Waals surface area contributed by atoms with Crippen LogP contribution in [0.2, 0.25) is 5.02 Å². The van der Waals surface area contributed by atoms with E-state index < -0.39 is 11.9 Å². The third-order valence-electron chi connectivity index (χ3n) is 2.62. The van der Waals surface area contributed by atoms with Gasteiger partial charge in [0, 0.05) is 6.42 Å². The van der Waals surface area contributed by atoms with Crippen LogP contribution in [0.25, 0.3) is 0 Å². The van der Waals surface area contributed by atoms with Crippen LogP contribution < -0.4 is 0 Å². The number of aliphatic hydroxyl groups excluding tert-OH is 1. The minimum absolute atomic E-state index is 0.0610. The molecule has 2 aromatic rings. The van der Waals surface area contributed by atoms with Crippen molar-refractivity contribution >= 4 is 11.6 Å². The maximum Gasteiger partial charge on any atom is 0.141 e. The van der Waals surface area contributed by atoms with Crippen LogP contribution in [-0.2, 0) is 6.42 Å². The summed E-state index contributed by atoms with van der Waals surface area (Å²) in [6.07, 6.45) is 1.13. The minimum Gasteiger partial charge on any atom is -0.466 e. The normalized spacial score (nSPS) is 12.7. The summed E-state index contributed by atoms with van der Waals surface area (Å²) in [7, 11) is 0. The van der Waals surface area contributed by atoms with Crippen molar-refractivity contribution in [3.05, 3.63) is 58.3 Å². The summed E-state index contributed by atoms with van der Waals surface area (Å²) in [5.41, 5.74) is 1.66. The van der Waals surface area contributed by atoms with E-state index in [0.29, 0.717) is 12.2 Å². The summed E-state index contributed by atoms with van der Waals surface area (Å²) in [6.45, 7) is 1.86. The number of hydrogen-bond donors (Lipinski definition) is 1. The highest BCUT2D eigenvalue weighted by Gasteiger charge is 2.15. The Bertz CT molecular complexity index is 522. The maximum absolute atomic E-state index is 13.0. The van der Waals surface area contributed by atoms with Crippen LogP contribution in [0.5, 0.6) is 0 Å². The van der Waals surface area contributed by atoms with Gasteiger partial charge in [-0.1, -0.05) is 17.7 Å².